The standard InChI is InChI=1S/C9H20N2/c1-5-7-8(10)11-9(3,4)6-2/h5-7H2,1-4H3,(H2,10,11). The number of nitrogens with zero attached hydrogens (tertiary/aromatic N) is 1. The summed E-state index contributed by atoms with van der Waals surface area (Å²) in [5.41, 5.74) is 5.72. The number of hydrogen-bond acceptors (Lipinski definition) is 1. The highest BCUT2D eigenvalue weighted by atomic mass is 14.9. The van der Waals surface area contributed by atoms with Crippen LogP contribution in [-0.4, -0.2) is 11.4 Å². The van der Waals surface area contributed by atoms with Crippen molar-refractivity contribution < 1.29 is 0 Å². The minimum Gasteiger partial charge on any atom is -0.387 e. The number of hydrogen-bond donors (Lipinski definition) is 1. The van der Waals surface area contributed by atoms with Crippen LogP contribution in [0.15, 0.2) is 4.99 Å². The first kappa shape index (κ1) is 10.5. The molecule has 0 aliphatic carbocycles. The van der Waals surface area contributed by atoms with Gasteiger partial charge in [-0.2, -0.15) is 0 Å². The van der Waals surface area contributed by atoms with Gasteiger partial charge in [0.25, 0.3) is 0 Å². The van der Waals surface area contributed by atoms with Crippen molar-refractivity contribution in [1.29, 1.82) is 0 Å². The van der Waals surface area contributed by atoms with Crippen LogP contribution in [0, 0.1) is 0 Å². The molecule has 11 heavy (non-hydrogen) atoms. The minimum atomic E-state index is 0.0270. The van der Waals surface area contributed by atoms with Gasteiger partial charge in [-0.1, -0.05) is 13.8 Å². The predicted octanol–water partition coefficient (Wildman–Crippen LogP) is 2.33. The Balaban J connectivity index is 4.05. The van der Waals surface area contributed by atoms with Gasteiger partial charge in [0.05, 0.1) is 11.4 Å². The minimum absolute atomic E-state index is 0.0270. The molecule has 0 fully saturated rings. The lowest BCUT2D eigenvalue weighted by Crippen LogP contribution is -2.22. The van der Waals surface area contributed by atoms with E-state index in [1.165, 1.54) is 0 Å². The van der Waals surface area contributed by atoms with Gasteiger partial charge in [0.15, 0.2) is 0 Å². The molecule has 0 bridgehead atoms. The van der Waals surface area contributed by atoms with Crippen LogP contribution < -0.4 is 5.73 Å². The van der Waals surface area contributed by atoms with Crippen LogP contribution >= 0.6 is 0 Å². The van der Waals surface area contributed by atoms with E-state index in [0.717, 1.165) is 25.1 Å². The molecule has 2 nitrogen and oxygen atoms in total. The highest BCUT2D eigenvalue weighted by Gasteiger charge is 2.12. The second kappa shape index (κ2) is 4.37. The van der Waals surface area contributed by atoms with Crippen LogP contribution in [0.3, 0.4) is 0 Å². The number of rotatable bonds is 4. The van der Waals surface area contributed by atoms with E-state index in [1.807, 2.05) is 0 Å². The van der Waals surface area contributed by atoms with Gasteiger partial charge in [0.2, 0.25) is 0 Å². The predicted molar refractivity (Wildman–Crippen MR) is 50.9 cm³/mol. The Morgan fingerprint density at radius 1 is 1.36 bits per heavy atom. The molecule has 0 aliphatic rings. The number of nitrogens with two attached hydrogens (primary N) is 1. The third-order valence-electron chi connectivity index (χ3n) is 1.82. The van der Waals surface area contributed by atoms with Gasteiger partial charge < -0.3 is 5.73 Å². The topological polar surface area (TPSA) is 38.4 Å². The second-order valence-corrected chi connectivity index (χ2v) is 3.52. The van der Waals surface area contributed by atoms with Gasteiger partial charge in [0, 0.05) is 6.42 Å². The molecule has 0 unspecified atom stereocenters. The molecule has 0 atom stereocenters. The average Bonchev–Trinajstić information content (AvgIpc) is 1.87. The fourth-order valence-electron chi connectivity index (χ4n) is 0.780. The van der Waals surface area contributed by atoms with Crippen LogP contribution in [0.1, 0.15) is 47.0 Å². The summed E-state index contributed by atoms with van der Waals surface area (Å²) in [6, 6.07) is 0. The van der Waals surface area contributed by atoms with Gasteiger partial charge in [0.1, 0.15) is 0 Å². The summed E-state index contributed by atoms with van der Waals surface area (Å²) in [4.78, 5) is 4.41. The van der Waals surface area contributed by atoms with Crippen molar-refractivity contribution in [3.05, 3.63) is 0 Å². The van der Waals surface area contributed by atoms with Crippen LogP contribution in [0.5, 0.6) is 0 Å². The van der Waals surface area contributed by atoms with E-state index in [1.54, 1.807) is 0 Å². The Morgan fingerprint density at radius 3 is 2.27 bits per heavy atom. The quantitative estimate of drug-likeness (QED) is 0.492. The first-order chi connectivity index (χ1) is 5.02. The lowest BCUT2D eigenvalue weighted by molar-refractivity contribution is 0.503. The summed E-state index contributed by atoms with van der Waals surface area (Å²) in [6.07, 6.45) is 3.04. The first-order valence-electron chi connectivity index (χ1n) is 4.36. The molecule has 2 heteroatoms. The molecule has 0 heterocycles. The summed E-state index contributed by atoms with van der Waals surface area (Å²) in [5.74, 6) is 0.791. The van der Waals surface area contributed by atoms with Gasteiger partial charge >= 0.3 is 0 Å². The maximum absolute atomic E-state index is 5.70. The summed E-state index contributed by atoms with van der Waals surface area (Å²) < 4.78 is 0. The van der Waals surface area contributed by atoms with Crippen LogP contribution in [-0.2, 0) is 0 Å². The maximum atomic E-state index is 5.70. The van der Waals surface area contributed by atoms with Gasteiger partial charge in [-0.3, -0.25) is 4.99 Å². The largest absolute Gasteiger partial charge is 0.387 e. The third-order valence-corrected chi connectivity index (χ3v) is 1.82. The van der Waals surface area contributed by atoms with Crippen molar-refractivity contribution in [2.75, 3.05) is 0 Å². The Morgan fingerprint density at radius 2 is 1.91 bits per heavy atom. The zero-order valence-electron chi connectivity index (χ0n) is 8.15. The third kappa shape index (κ3) is 4.82. The van der Waals surface area contributed by atoms with Gasteiger partial charge in [-0.05, 0) is 26.7 Å². The zero-order chi connectivity index (χ0) is 8.91. The summed E-state index contributed by atoms with van der Waals surface area (Å²) in [7, 11) is 0. The summed E-state index contributed by atoms with van der Waals surface area (Å²) >= 11 is 0. The van der Waals surface area contributed by atoms with Crippen molar-refractivity contribution in [2.45, 2.75) is 52.5 Å². The molecule has 2 N–H and O–H groups in total. The Kier molecular flexibility index (Phi) is 4.16. The van der Waals surface area contributed by atoms with Crippen molar-refractivity contribution >= 4 is 5.84 Å². The summed E-state index contributed by atoms with van der Waals surface area (Å²) in [5, 5.41) is 0. The number of amidine groups is 1. The van der Waals surface area contributed by atoms with E-state index >= 15 is 0 Å². The molecule has 0 aromatic carbocycles. The molecule has 0 aromatic heterocycles. The highest BCUT2D eigenvalue weighted by molar-refractivity contribution is 5.80. The van der Waals surface area contributed by atoms with Crippen LogP contribution in [0.2, 0.25) is 0 Å². The molecule has 0 spiro atoms. The van der Waals surface area contributed by atoms with E-state index in [2.05, 4.69) is 32.7 Å². The molecule has 66 valence electrons. The normalized spacial score (nSPS) is 13.6. The van der Waals surface area contributed by atoms with Crippen LogP contribution in [0.4, 0.5) is 0 Å². The fourth-order valence-corrected chi connectivity index (χ4v) is 0.780. The Hall–Kier alpha value is -0.530. The maximum Gasteiger partial charge on any atom is 0.0943 e. The van der Waals surface area contributed by atoms with E-state index in [0.29, 0.717) is 0 Å². The highest BCUT2D eigenvalue weighted by Crippen LogP contribution is 2.13. The smallest absolute Gasteiger partial charge is 0.0943 e. The second-order valence-electron chi connectivity index (χ2n) is 3.52. The molecular weight excluding hydrogens is 136 g/mol. The molecular formula is C9H20N2. The molecule has 0 aliphatic heterocycles. The van der Waals surface area contributed by atoms with E-state index in [4.69, 9.17) is 5.73 Å². The Labute approximate surface area is 69.9 Å². The monoisotopic (exact) mass is 156 g/mol. The lowest BCUT2D eigenvalue weighted by atomic mass is 10.0. The zero-order valence-corrected chi connectivity index (χ0v) is 8.15. The summed E-state index contributed by atoms with van der Waals surface area (Å²) in [6.45, 7) is 8.45. The van der Waals surface area contributed by atoms with Gasteiger partial charge in [-0.15, -0.1) is 0 Å². The molecule has 0 radical (unpaired) electrons. The molecule has 0 aromatic rings. The Bertz CT molecular complexity index is 136. The molecule has 0 saturated heterocycles. The first-order valence-corrected chi connectivity index (χ1v) is 4.36. The van der Waals surface area contributed by atoms with Gasteiger partial charge in [-0.25, -0.2) is 0 Å². The van der Waals surface area contributed by atoms with Crippen molar-refractivity contribution in [2.24, 2.45) is 10.7 Å². The SMILES string of the molecule is CCCC(N)=NC(C)(C)CC. The average molecular weight is 156 g/mol. The van der Waals surface area contributed by atoms with E-state index in [9.17, 15) is 0 Å². The van der Waals surface area contributed by atoms with Crippen molar-refractivity contribution in [3.63, 3.8) is 0 Å². The lowest BCUT2D eigenvalue weighted by Gasteiger charge is -2.17. The number of aliphatic imine (C=N–C) groups is 1. The molecule has 0 rings (SSSR count). The van der Waals surface area contributed by atoms with Crippen LogP contribution in [0.25, 0.3) is 0 Å². The van der Waals surface area contributed by atoms with E-state index < -0.39 is 0 Å². The van der Waals surface area contributed by atoms with Crippen molar-refractivity contribution in [1.82, 2.24) is 0 Å². The fraction of sp³-hybridized carbons (Fsp3) is 0.889. The van der Waals surface area contributed by atoms with Crippen molar-refractivity contribution in [3.8, 4) is 0 Å². The molecule has 0 saturated carbocycles. The molecule has 0 amide bonds. The van der Waals surface area contributed by atoms with E-state index in [-0.39, 0.29) is 5.54 Å².